The Morgan fingerprint density at radius 3 is 2.47 bits per heavy atom. The van der Waals surface area contributed by atoms with Gasteiger partial charge in [-0.2, -0.15) is 8.42 Å². The first-order valence-corrected chi connectivity index (χ1v) is 11.1. The van der Waals surface area contributed by atoms with Crippen molar-refractivity contribution >= 4 is 38.6 Å². The smallest absolute Gasteiger partial charge is 0.339 e. The highest BCUT2D eigenvalue weighted by atomic mass is 32.2. The molecule has 1 heterocycles. The number of methoxy groups -OCH3 is 1. The number of hydrogen-bond donors (Lipinski definition) is 1. The van der Waals surface area contributed by atoms with Crippen LogP contribution in [-0.2, 0) is 14.9 Å². The van der Waals surface area contributed by atoms with E-state index < -0.39 is 10.1 Å². The van der Waals surface area contributed by atoms with E-state index in [4.69, 9.17) is 8.92 Å². The lowest BCUT2D eigenvalue weighted by atomic mass is 10.2. The summed E-state index contributed by atoms with van der Waals surface area (Å²) in [5.41, 5.74) is 1.58. The summed E-state index contributed by atoms with van der Waals surface area (Å²) in [6.07, 6.45) is 4.61. The highest BCUT2D eigenvalue weighted by molar-refractivity contribution is 7.87. The van der Waals surface area contributed by atoms with Gasteiger partial charge in [-0.05, 0) is 49.8 Å². The molecule has 9 heteroatoms. The maximum absolute atomic E-state index is 12.5. The Labute approximate surface area is 179 Å². The monoisotopic (exact) mass is 444 g/mol. The zero-order chi connectivity index (χ0) is 21.7. The van der Waals surface area contributed by atoms with Gasteiger partial charge in [0.2, 0.25) is 5.91 Å². The summed E-state index contributed by atoms with van der Waals surface area (Å²) in [6.45, 7) is 3.77. The number of rotatable bonds is 7. The molecule has 3 aromatic rings. The molecule has 0 aliphatic rings. The first kappa shape index (κ1) is 21.5. The van der Waals surface area contributed by atoms with Crippen molar-refractivity contribution in [2.24, 2.45) is 0 Å². The van der Waals surface area contributed by atoms with Crippen LogP contribution in [0, 0.1) is 13.8 Å². The van der Waals surface area contributed by atoms with Crippen molar-refractivity contribution in [3.63, 3.8) is 0 Å². The number of amides is 1. The quantitative estimate of drug-likeness (QED) is 0.434. The Hall–Kier alpha value is -3.17. The number of aryl methyl sites for hydroxylation is 2. The van der Waals surface area contributed by atoms with E-state index in [2.05, 4.69) is 10.3 Å². The number of thiazole rings is 1. The van der Waals surface area contributed by atoms with Gasteiger partial charge < -0.3 is 8.92 Å². The summed E-state index contributed by atoms with van der Waals surface area (Å²) in [5.74, 6) is -0.0488. The highest BCUT2D eigenvalue weighted by Gasteiger charge is 2.19. The largest absolute Gasteiger partial charge is 0.493 e. The Morgan fingerprint density at radius 2 is 1.83 bits per heavy atom. The van der Waals surface area contributed by atoms with Crippen molar-refractivity contribution < 1.29 is 22.1 Å². The van der Waals surface area contributed by atoms with E-state index in [1.165, 1.54) is 42.7 Å². The normalized spacial score (nSPS) is 11.4. The predicted molar refractivity (Wildman–Crippen MR) is 117 cm³/mol. The van der Waals surface area contributed by atoms with Gasteiger partial charge in [0.05, 0.1) is 7.11 Å². The van der Waals surface area contributed by atoms with Crippen LogP contribution in [0.3, 0.4) is 0 Å². The summed E-state index contributed by atoms with van der Waals surface area (Å²) < 4.78 is 35.5. The van der Waals surface area contributed by atoms with Crippen LogP contribution in [0.15, 0.2) is 59.6 Å². The van der Waals surface area contributed by atoms with Crippen LogP contribution in [-0.4, -0.2) is 26.4 Å². The molecule has 0 radical (unpaired) electrons. The third kappa shape index (κ3) is 5.46. The fourth-order valence-electron chi connectivity index (χ4n) is 2.46. The first-order valence-electron chi connectivity index (χ1n) is 8.87. The van der Waals surface area contributed by atoms with Crippen LogP contribution in [0.4, 0.5) is 5.13 Å². The average Bonchev–Trinajstić information content (AvgIpc) is 3.11. The number of hydrogen-bond acceptors (Lipinski definition) is 7. The fraction of sp³-hybridized carbons (Fsp3) is 0.143. The molecule has 0 aliphatic heterocycles. The second-order valence-corrected chi connectivity index (χ2v) is 9.14. The van der Waals surface area contributed by atoms with Crippen LogP contribution >= 0.6 is 11.3 Å². The molecule has 0 fully saturated rings. The van der Waals surface area contributed by atoms with Gasteiger partial charge in [0.1, 0.15) is 4.90 Å². The van der Waals surface area contributed by atoms with Gasteiger partial charge in [-0.3, -0.25) is 10.1 Å². The summed E-state index contributed by atoms with van der Waals surface area (Å²) in [6, 6.07) is 11.0. The van der Waals surface area contributed by atoms with Gasteiger partial charge in [0, 0.05) is 17.2 Å². The van der Waals surface area contributed by atoms with E-state index in [0.717, 1.165) is 10.4 Å². The second kappa shape index (κ2) is 9.10. The molecule has 30 heavy (non-hydrogen) atoms. The number of carbonyl (C=O) groups excluding carboxylic acids is 1. The van der Waals surface area contributed by atoms with Crippen molar-refractivity contribution in [1.82, 2.24) is 4.98 Å². The van der Waals surface area contributed by atoms with E-state index >= 15 is 0 Å². The van der Waals surface area contributed by atoms with Gasteiger partial charge in [0.15, 0.2) is 16.6 Å². The van der Waals surface area contributed by atoms with Gasteiger partial charge in [-0.15, -0.1) is 11.3 Å². The minimum atomic E-state index is -4.00. The molecule has 0 spiro atoms. The summed E-state index contributed by atoms with van der Waals surface area (Å²) >= 11 is 1.38. The molecule has 0 saturated carbocycles. The number of aromatic nitrogens is 1. The minimum Gasteiger partial charge on any atom is -0.493 e. The van der Waals surface area contributed by atoms with Gasteiger partial charge in [-0.1, -0.05) is 23.8 Å². The number of nitrogens with one attached hydrogen (secondary N) is 1. The molecule has 2 aromatic carbocycles. The van der Waals surface area contributed by atoms with Crippen LogP contribution in [0.1, 0.15) is 16.0 Å². The maximum Gasteiger partial charge on any atom is 0.339 e. The number of carbonyl (C=O) groups is 1. The topological polar surface area (TPSA) is 94.6 Å². The van der Waals surface area contributed by atoms with Crippen molar-refractivity contribution in [3.05, 3.63) is 70.7 Å². The summed E-state index contributed by atoms with van der Waals surface area (Å²) in [4.78, 5) is 17.1. The predicted octanol–water partition coefficient (Wildman–Crippen LogP) is 4.19. The third-order valence-electron chi connectivity index (χ3n) is 3.98. The number of anilines is 1. The molecule has 1 N–H and O–H groups in total. The molecule has 0 aliphatic carbocycles. The molecule has 7 nitrogen and oxygen atoms in total. The molecule has 3 rings (SSSR count). The fourth-order valence-corrected chi connectivity index (χ4v) is 4.07. The lowest BCUT2D eigenvalue weighted by Gasteiger charge is -2.11. The van der Waals surface area contributed by atoms with E-state index in [0.29, 0.717) is 10.7 Å². The molecule has 0 saturated heterocycles. The van der Waals surface area contributed by atoms with Gasteiger partial charge >= 0.3 is 10.1 Å². The van der Waals surface area contributed by atoms with Crippen LogP contribution in [0.25, 0.3) is 6.08 Å². The Bertz CT molecular complexity index is 1180. The number of ether oxygens (including phenoxy) is 1. The zero-order valence-electron chi connectivity index (χ0n) is 16.6. The first-order chi connectivity index (χ1) is 14.3. The standard InChI is InChI=1S/C21H20N2O5S2/c1-14-4-8-17(9-5-14)30(25,26)28-18-10-6-16(12-19(18)27-3)7-11-20(24)23-21-22-13-15(2)29-21/h4-13H,1-3H3,(H,22,23,24)/b11-7+. The zero-order valence-corrected chi connectivity index (χ0v) is 18.2. The Morgan fingerprint density at radius 1 is 1.10 bits per heavy atom. The SMILES string of the molecule is COc1cc(/C=C/C(=O)Nc2ncc(C)s2)ccc1OS(=O)(=O)c1ccc(C)cc1. The molecule has 156 valence electrons. The lowest BCUT2D eigenvalue weighted by Crippen LogP contribution is -2.10. The van der Waals surface area contributed by atoms with Crippen molar-refractivity contribution in [2.45, 2.75) is 18.7 Å². The van der Waals surface area contributed by atoms with E-state index in [-0.39, 0.29) is 22.3 Å². The van der Waals surface area contributed by atoms with Crippen molar-refractivity contribution in [1.29, 1.82) is 0 Å². The molecule has 0 unspecified atom stereocenters. The van der Waals surface area contributed by atoms with Gasteiger partial charge in [0.25, 0.3) is 0 Å². The van der Waals surface area contributed by atoms with E-state index in [1.54, 1.807) is 36.5 Å². The minimum absolute atomic E-state index is 0.0493. The lowest BCUT2D eigenvalue weighted by molar-refractivity contribution is -0.111. The molecule has 0 atom stereocenters. The molecular weight excluding hydrogens is 424 g/mol. The number of benzene rings is 2. The third-order valence-corrected chi connectivity index (χ3v) is 6.05. The van der Waals surface area contributed by atoms with Crippen molar-refractivity contribution in [2.75, 3.05) is 12.4 Å². The second-order valence-electron chi connectivity index (χ2n) is 6.36. The molecule has 1 aromatic heterocycles. The van der Waals surface area contributed by atoms with Crippen LogP contribution in [0.5, 0.6) is 11.5 Å². The van der Waals surface area contributed by atoms with E-state index in [1.807, 2.05) is 13.8 Å². The highest BCUT2D eigenvalue weighted by Crippen LogP contribution is 2.31. The Balaban J connectivity index is 1.74. The van der Waals surface area contributed by atoms with E-state index in [9.17, 15) is 13.2 Å². The maximum atomic E-state index is 12.5. The van der Waals surface area contributed by atoms with Gasteiger partial charge in [-0.25, -0.2) is 4.98 Å². The molecule has 1 amide bonds. The average molecular weight is 445 g/mol. The summed E-state index contributed by atoms with van der Waals surface area (Å²) in [5, 5.41) is 3.19. The molecular formula is C21H20N2O5S2. The van der Waals surface area contributed by atoms with Crippen molar-refractivity contribution in [3.8, 4) is 11.5 Å². The Kier molecular flexibility index (Phi) is 6.53. The number of nitrogens with zero attached hydrogens (tertiary/aromatic N) is 1. The van der Waals surface area contributed by atoms with Crippen LogP contribution in [0.2, 0.25) is 0 Å². The van der Waals surface area contributed by atoms with Crippen LogP contribution < -0.4 is 14.2 Å². The summed E-state index contributed by atoms with van der Waals surface area (Å²) in [7, 11) is -2.59. The molecule has 0 bridgehead atoms.